The lowest BCUT2D eigenvalue weighted by Crippen LogP contribution is -2.06. The molecule has 0 bridgehead atoms. The number of aromatic nitrogens is 1. The van der Waals surface area contributed by atoms with Gasteiger partial charge in [-0.1, -0.05) is 6.07 Å². The Hall–Kier alpha value is -2.38. The van der Waals surface area contributed by atoms with Crippen LogP contribution < -0.4 is 10.5 Å². The van der Waals surface area contributed by atoms with Crippen LogP contribution in [0.5, 0.6) is 11.5 Å². The number of nitrogens with zero attached hydrogens (tertiary/aromatic N) is 2. The van der Waals surface area contributed by atoms with Gasteiger partial charge in [-0.3, -0.25) is 4.98 Å². The van der Waals surface area contributed by atoms with Crippen molar-refractivity contribution in [1.29, 1.82) is 5.26 Å². The van der Waals surface area contributed by atoms with Crippen molar-refractivity contribution in [3.63, 3.8) is 0 Å². The summed E-state index contributed by atoms with van der Waals surface area (Å²) in [6.45, 7) is 1.87. The van der Waals surface area contributed by atoms with Gasteiger partial charge in [0.15, 0.2) is 0 Å². The van der Waals surface area contributed by atoms with Gasteiger partial charge in [-0.25, -0.2) is 0 Å². The maximum Gasteiger partial charge on any atom is 0.145 e. The number of nitriles is 1. The molecule has 18 heavy (non-hydrogen) atoms. The molecule has 1 atom stereocenters. The third-order valence-corrected chi connectivity index (χ3v) is 2.42. The van der Waals surface area contributed by atoms with Crippen LogP contribution in [-0.2, 0) is 0 Å². The van der Waals surface area contributed by atoms with Gasteiger partial charge in [-0.2, -0.15) is 5.26 Å². The molecule has 0 spiro atoms. The van der Waals surface area contributed by atoms with Crippen molar-refractivity contribution in [2.24, 2.45) is 5.73 Å². The molecule has 4 nitrogen and oxygen atoms in total. The minimum atomic E-state index is -0.0963. The number of ether oxygens (including phenoxy) is 1. The summed E-state index contributed by atoms with van der Waals surface area (Å²) in [6, 6.07) is 12.6. The van der Waals surface area contributed by atoms with Crippen LogP contribution in [-0.4, -0.2) is 4.98 Å². The second-order valence-electron chi connectivity index (χ2n) is 3.95. The van der Waals surface area contributed by atoms with Crippen LogP contribution in [0.1, 0.15) is 24.2 Å². The SMILES string of the molecule is C[C@H](N)c1ccc(Oc2cccc(C#N)c2)cn1. The van der Waals surface area contributed by atoms with Gasteiger partial charge >= 0.3 is 0 Å². The molecule has 1 aromatic heterocycles. The Morgan fingerprint density at radius 1 is 1.28 bits per heavy atom. The van der Waals surface area contributed by atoms with Gasteiger partial charge in [-0.05, 0) is 37.3 Å². The topological polar surface area (TPSA) is 71.9 Å². The molecule has 90 valence electrons. The van der Waals surface area contributed by atoms with Crippen LogP contribution in [0, 0.1) is 11.3 Å². The summed E-state index contributed by atoms with van der Waals surface area (Å²) >= 11 is 0. The highest BCUT2D eigenvalue weighted by Gasteiger charge is 2.02. The number of pyridine rings is 1. The molecule has 2 N–H and O–H groups in total. The number of benzene rings is 1. The van der Waals surface area contributed by atoms with E-state index in [0.29, 0.717) is 17.1 Å². The predicted molar refractivity (Wildman–Crippen MR) is 68.1 cm³/mol. The number of nitrogens with two attached hydrogens (primary N) is 1. The first-order chi connectivity index (χ1) is 8.69. The van der Waals surface area contributed by atoms with E-state index in [1.54, 1.807) is 30.5 Å². The molecule has 0 aliphatic heterocycles. The quantitative estimate of drug-likeness (QED) is 0.893. The lowest BCUT2D eigenvalue weighted by molar-refractivity contribution is 0.479. The maximum atomic E-state index is 8.79. The number of hydrogen-bond donors (Lipinski definition) is 1. The standard InChI is InChI=1S/C14H13N3O/c1-10(16)14-6-5-13(9-17-14)18-12-4-2-3-11(7-12)8-15/h2-7,9-10H,16H2,1H3/t10-/m0/s1. The van der Waals surface area contributed by atoms with Crippen molar-refractivity contribution >= 4 is 0 Å². The summed E-state index contributed by atoms with van der Waals surface area (Å²) in [6.07, 6.45) is 1.62. The zero-order valence-corrected chi connectivity index (χ0v) is 10.00. The fraction of sp³-hybridized carbons (Fsp3) is 0.143. The molecule has 4 heteroatoms. The lowest BCUT2D eigenvalue weighted by atomic mass is 10.2. The average Bonchev–Trinajstić information content (AvgIpc) is 2.39. The highest BCUT2D eigenvalue weighted by molar-refractivity contribution is 5.38. The van der Waals surface area contributed by atoms with Crippen molar-refractivity contribution in [1.82, 2.24) is 4.98 Å². The Morgan fingerprint density at radius 2 is 2.11 bits per heavy atom. The Kier molecular flexibility index (Phi) is 3.56. The fourth-order valence-corrected chi connectivity index (χ4v) is 1.49. The Balaban J connectivity index is 2.16. The molecule has 0 aliphatic rings. The van der Waals surface area contributed by atoms with Crippen LogP contribution in [0.4, 0.5) is 0 Å². The van der Waals surface area contributed by atoms with E-state index in [4.69, 9.17) is 15.7 Å². The van der Waals surface area contributed by atoms with E-state index in [1.165, 1.54) is 0 Å². The smallest absolute Gasteiger partial charge is 0.145 e. The van der Waals surface area contributed by atoms with Crippen LogP contribution >= 0.6 is 0 Å². The van der Waals surface area contributed by atoms with E-state index in [0.717, 1.165) is 5.69 Å². The summed E-state index contributed by atoms with van der Waals surface area (Å²) in [5, 5.41) is 8.79. The number of hydrogen-bond acceptors (Lipinski definition) is 4. The van der Waals surface area contributed by atoms with E-state index in [1.807, 2.05) is 19.1 Å². The minimum absolute atomic E-state index is 0.0963. The van der Waals surface area contributed by atoms with Crippen LogP contribution in [0.2, 0.25) is 0 Å². The summed E-state index contributed by atoms with van der Waals surface area (Å²) in [7, 11) is 0. The highest BCUT2D eigenvalue weighted by atomic mass is 16.5. The van der Waals surface area contributed by atoms with Crippen molar-refractivity contribution in [3.05, 3.63) is 53.9 Å². The first kappa shape index (κ1) is 12.1. The lowest BCUT2D eigenvalue weighted by Gasteiger charge is -2.07. The monoisotopic (exact) mass is 239 g/mol. The molecule has 1 heterocycles. The van der Waals surface area contributed by atoms with Crippen LogP contribution in [0.15, 0.2) is 42.6 Å². The third kappa shape index (κ3) is 2.84. The van der Waals surface area contributed by atoms with Crippen LogP contribution in [0.3, 0.4) is 0 Å². The molecular weight excluding hydrogens is 226 g/mol. The van der Waals surface area contributed by atoms with Crippen LogP contribution in [0.25, 0.3) is 0 Å². The average molecular weight is 239 g/mol. The molecule has 2 aromatic rings. The van der Waals surface area contributed by atoms with Crippen molar-refractivity contribution in [2.75, 3.05) is 0 Å². The van der Waals surface area contributed by atoms with Gasteiger partial charge in [0.05, 0.1) is 23.5 Å². The van der Waals surface area contributed by atoms with E-state index in [2.05, 4.69) is 11.1 Å². The molecular formula is C14H13N3O. The van der Waals surface area contributed by atoms with Gasteiger partial charge in [0.2, 0.25) is 0 Å². The summed E-state index contributed by atoms with van der Waals surface area (Å²) in [4.78, 5) is 4.20. The molecule has 0 radical (unpaired) electrons. The Morgan fingerprint density at radius 3 is 2.72 bits per heavy atom. The molecule has 2 rings (SSSR count). The number of rotatable bonds is 3. The normalized spacial score (nSPS) is 11.6. The molecule has 1 aromatic carbocycles. The first-order valence-corrected chi connectivity index (χ1v) is 5.58. The van der Waals surface area contributed by atoms with E-state index < -0.39 is 0 Å². The molecule has 0 unspecified atom stereocenters. The van der Waals surface area contributed by atoms with Gasteiger partial charge in [0.25, 0.3) is 0 Å². The first-order valence-electron chi connectivity index (χ1n) is 5.58. The van der Waals surface area contributed by atoms with E-state index >= 15 is 0 Å². The maximum absolute atomic E-state index is 8.79. The predicted octanol–water partition coefficient (Wildman–Crippen LogP) is 2.77. The Labute approximate surface area is 106 Å². The minimum Gasteiger partial charge on any atom is -0.456 e. The molecule has 0 fully saturated rings. The van der Waals surface area contributed by atoms with Gasteiger partial charge in [0, 0.05) is 6.04 Å². The second-order valence-corrected chi connectivity index (χ2v) is 3.95. The Bertz CT molecular complexity index is 570. The van der Waals surface area contributed by atoms with Gasteiger partial charge < -0.3 is 10.5 Å². The second kappa shape index (κ2) is 5.30. The zero-order valence-electron chi connectivity index (χ0n) is 10.00. The van der Waals surface area contributed by atoms with E-state index in [-0.39, 0.29) is 6.04 Å². The fourth-order valence-electron chi connectivity index (χ4n) is 1.49. The summed E-state index contributed by atoms with van der Waals surface area (Å²) in [5.74, 6) is 1.24. The van der Waals surface area contributed by atoms with Crippen molar-refractivity contribution < 1.29 is 4.74 Å². The third-order valence-electron chi connectivity index (χ3n) is 2.42. The summed E-state index contributed by atoms with van der Waals surface area (Å²) < 4.78 is 5.60. The molecule has 0 saturated heterocycles. The van der Waals surface area contributed by atoms with Crippen molar-refractivity contribution in [3.8, 4) is 17.6 Å². The van der Waals surface area contributed by atoms with Gasteiger partial charge in [-0.15, -0.1) is 0 Å². The van der Waals surface area contributed by atoms with Crippen molar-refractivity contribution in [2.45, 2.75) is 13.0 Å². The van der Waals surface area contributed by atoms with Gasteiger partial charge in [0.1, 0.15) is 11.5 Å². The summed E-state index contributed by atoms with van der Waals surface area (Å²) in [5.41, 5.74) is 7.09. The largest absolute Gasteiger partial charge is 0.456 e. The van der Waals surface area contributed by atoms with E-state index in [9.17, 15) is 0 Å². The highest BCUT2D eigenvalue weighted by Crippen LogP contribution is 2.22. The zero-order chi connectivity index (χ0) is 13.0. The molecule has 0 saturated carbocycles. The molecule has 0 amide bonds. The molecule has 0 aliphatic carbocycles.